The van der Waals surface area contributed by atoms with Crippen molar-refractivity contribution in [2.24, 2.45) is 11.8 Å². The van der Waals surface area contributed by atoms with E-state index in [0.29, 0.717) is 12.0 Å². The van der Waals surface area contributed by atoms with E-state index in [4.69, 9.17) is 4.74 Å². The lowest BCUT2D eigenvalue weighted by Gasteiger charge is -2.40. The highest BCUT2D eigenvalue weighted by Gasteiger charge is 2.45. The van der Waals surface area contributed by atoms with Gasteiger partial charge in [-0.2, -0.15) is 5.10 Å². The fourth-order valence-corrected chi connectivity index (χ4v) is 5.16. The van der Waals surface area contributed by atoms with Crippen molar-refractivity contribution >= 4 is 5.91 Å². The molecule has 0 unspecified atom stereocenters. The second-order valence-electron chi connectivity index (χ2n) is 7.98. The van der Waals surface area contributed by atoms with Gasteiger partial charge in [0.25, 0.3) is 0 Å². The fraction of sp³-hybridized carbons (Fsp3) is 0.789. The summed E-state index contributed by atoms with van der Waals surface area (Å²) < 4.78 is 7.46. The van der Waals surface area contributed by atoms with Crippen LogP contribution in [0.15, 0.2) is 18.5 Å². The number of ether oxygens (including phenoxy) is 1. The number of rotatable bonds is 4. The van der Waals surface area contributed by atoms with Gasteiger partial charge in [0.1, 0.15) is 0 Å². The monoisotopic (exact) mass is 346 g/mol. The number of fused-ring (bicyclic) bond motifs is 1. The highest BCUT2D eigenvalue weighted by atomic mass is 16.5. The molecule has 3 atom stereocenters. The number of nitrogens with zero attached hydrogens (tertiary/aromatic N) is 4. The summed E-state index contributed by atoms with van der Waals surface area (Å²) >= 11 is 0. The number of carbonyl (C=O) groups is 1. The number of hydrogen-bond donors (Lipinski definition) is 0. The average Bonchev–Trinajstić information content (AvgIpc) is 3.23. The lowest BCUT2D eigenvalue weighted by atomic mass is 9.90. The number of amides is 1. The highest BCUT2D eigenvalue weighted by molar-refractivity contribution is 5.74. The van der Waals surface area contributed by atoms with E-state index in [1.165, 1.54) is 19.4 Å². The first-order valence-corrected chi connectivity index (χ1v) is 9.77. The maximum Gasteiger partial charge on any atom is 0.220 e. The van der Waals surface area contributed by atoms with E-state index in [2.05, 4.69) is 14.9 Å². The Kier molecular flexibility index (Phi) is 5.08. The molecule has 0 aromatic carbocycles. The quantitative estimate of drug-likeness (QED) is 0.831. The van der Waals surface area contributed by atoms with Crippen molar-refractivity contribution in [3.8, 4) is 0 Å². The van der Waals surface area contributed by atoms with Gasteiger partial charge in [0.2, 0.25) is 5.91 Å². The Labute approximate surface area is 150 Å². The summed E-state index contributed by atoms with van der Waals surface area (Å²) in [6.45, 7) is 7.87. The Balaban J connectivity index is 1.39. The Bertz CT molecular complexity index is 570. The molecular weight excluding hydrogens is 316 g/mol. The highest BCUT2D eigenvalue weighted by Crippen LogP contribution is 2.36. The fourth-order valence-electron chi connectivity index (χ4n) is 5.16. The molecule has 3 fully saturated rings. The topological polar surface area (TPSA) is 50.6 Å². The minimum absolute atomic E-state index is 0.225. The molecule has 6 nitrogen and oxygen atoms in total. The van der Waals surface area contributed by atoms with Crippen molar-refractivity contribution in [1.82, 2.24) is 19.6 Å². The van der Waals surface area contributed by atoms with Crippen LogP contribution >= 0.6 is 0 Å². The molecule has 138 valence electrons. The second-order valence-corrected chi connectivity index (χ2v) is 7.98. The first-order valence-electron chi connectivity index (χ1n) is 9.77. The summed E-state index contributed by atoms with van der Waals surface area (Å²) in [7, 11) is 0. The normalized spacial score (nSPS) is 31.2. The molecule has 0 saturated carbocycles. The minimum Gasteiger partial charge on any atom is -0.381 e. The third-order valence-electron chi connectivity index (χ3n) is 6.28. The van der Waals surface area contributed by atoms with Gasteiger partial charge in [-0.1, -0.05) is 0 Å². The molecule has 6 heteroatoms. The van der Waals surface area contributed by atoms with E-state index >= 15 is 0 Å². The lowest BCUT2D eigenvalue weighted by molar-refractivity contribution is -0.133. The van der Waals surface area contributed by atoms with Gasteiger partial charge >= 0.3 is 0 Å². The van der Waals surface area contributed by atoms with Gasteiger partial charge in [0, 0.05) is 58.2 Å². The van der Waals surface area contributed by atoms with Crippen molar-refractivity contribution in [3.63, 3.8) is 0 Å². The van der Waals surface area contributed by atoms with Gasteiger partial charge in [-0.05, 0) is 43.6 Å². The van der Waals surface area contributed by atoms with Crippen LogP contribution in [0.2, 0.25) is 0 Å². The summed E-state index contributed by atoms with van der Waals surface area (Å²) in [5.74, 6) is 1.62. The zero-order valence-electron chi connectivity index (χ0n) is 15.2. The molecule has 0 radical (unpaired) electrons. The molecule has 3 aliphatic heterocycles. The Morgan fingerprint density at radius 2 is 2.08 bits per heavy atom. The Morgan fingerprint density at radius 3 is 2.80 bits per heavy atom. The van der Waals surface area contributed by atoms with E-state index in [1.807, 2.05) is 23.1 Å². The van der Waals surface area contributed by atoms with Gasteiger partial charge in [-0.3, -0.25) is 9.48 Å². The molecule has 1 aromatic heterocycles. The Hall–Kier alpha value is -1.40. The standard InChI is InChI=1S/C19H30N4O2/c1-15(24)23-18(14-22-7-2-6-20-22)11-17-13-21(8-3-19(17)23)12-16-4-9-25-10-5-16/h2,6-7,16-19H,3-5,8-14H2,1H3/t17-,18+,19+/m0/s1. The van der Waals surface area contributed by atoms with Crippen LogP contribution in [0.3, 0.4) is 0 Å². The van der Waals surface area contributed by atoms with Gasteiger partial charge in [-0.15, -0.1) is 0 Å². The Morgan fingerprint density at radius 1 is 1.24 bits per heavy atom. The van der Waals surface area contributed by atoms with Crippen molar-refractivity contribution in [1.29, 1.82) is 0 Å². The van der Waals surface area contributed by atoms with Crippen LogP contribution in [0, 0.1) is 11.8 Å². The van der Waals surface area contributed by atoms with Crippen LogP contribution in [0.4, 0.5) is 0 Å². The smallest absolute Gasteiger partial charge is 0.220 e. The summed E-state index contributed by atoms with van der Waals surface area (Å²) in [5, 5.41) is 4.34. The maximum atomic E-state index is 12.3. The van der Waals surface area contributed by atoms with Crippen molar-refractivity contribution in [2.75, 3.05) is 32.8 Å². The predicted octanol–water partition coefficient (Wildman–Crippen LogP) is 1.62. The summed E-state index contributed by atoms with van der Waals surface area (Å²) in [6.07, 6.45) is 8.43. The van der Waals surface area contributed by atoms with Gasteiger partial charge in [0.15, 0.2) is 0 Å². The minimum atomic E-state index is 0.225. The number of likely N-dealkylation sites (tertiary alicyclic amines) is 2. The molecule has 0 aliphatic carbocycles. The van der Waals surface area contributed by atoms with Crippen LogP contribution in [-0.4, -0.2) is 70.4 Å². The van der Waals surface area contributed by atoms with Crippen molar-refractivity contribution in [3.05, 3.63) is 18.5 Å². The van der Waals surface area contributed by atoms with Gasteiger partial charge in [-0.25, -0.2) is 0 Å². The predicted molar refractivity (Wildman–Crippen MR) is 95.0 cm³/mol. The number of aromatic nitrogens is 2. The van der Waals surface area contributed by atoms with Gasteiger partial charge < -0.3 is 14.5 Å². The zero-order chi connectivity index (χ0) is 17.2. The second kappa shape index (κ2) is 7.46. The molecule has 4 heterocycles. The van der Waals surface area contributed by atoms with Crippen molar-refractivity contribution < 1.29 is 9.53 Å². The summed E-state index contributed by atoms with van der Waals surface area (Å²) in [6, 6.07) is 2.66. The van der Waals surface area contributed by atoms with Crippen LogP contribution in [0.1, 0.15) is 32.6 Å². The van der Waals surface area contributed by atoms with Gasteiger partial charge in [0.05, 0.1) is 12.6 Å². The molecule has 25 heavy (non-hydrogen) atoms. The SMILES string of the molecule is CC(=O)N1[C@@H](Cn2cccn2)C[C@H]2CN(CC3CCOCC3)CC[C@H]21. The molecule has 3 aliphatic rings. The van der Waals surface area contributed by atoms with E-state index < -0.39 is 0 Å². The maximum absolute atomic E-state index is 12.3. The molecule has 0 bridgehead atoms. The first kappa shape index (κ1) is 17.0. The zero-order valence-corrected chi connectivity index (χ0v) is 15.2. The molecule has 1 aromatic rings. The van der Waals surface area contributed by atoms with Crippen LogP contribution in [0.25, 0.3) is 0 Å². The average molecular weight is 346 g/mol. The largest absolute Gasteiger partial charge is 0.381 e. The van der Waals surface area contributed by atoms with Crippen LogP contribution in [-0.2, 0) is 16.1 Å². The molecule has 1 amide bonds. The third kappa shape index (κ3) is 3.75. The molecule has 4 rings (SSSR count). The van der Waals surface area contributed by atoms with E-state index in [9.17, 15) is 4.79 Å². The summed E-state index contributed by atoms with van der Waals surface area (Å²) in [5.41, 5.74) is 0. The van der Waals surface area contributed by atoms with Crippen LogP contribution < -0.4 is 0 Å². The lowest BCUT2D eigenvalue weighted by Crippen LogP contribution is -2.49. The first-order chi connectivity index (χ1) is 12.2. The van der Waals surface area contributed by atoms with E-state index in [1.54, 1.807) is 6.92 Å². The van der Waals surface area contributed by atoms with Crippen molar-refractivity contribution in [2.45, 2.75) is 51.2 Å². The van der Waals surface area contributed by atoms with E-state index in [0.717, 1.165) is 51.6 Å². The number of hydrogen-bond acceptors (Lipinski definition) is 4. The molecule has 0 N–H and O–H groups in total. The number of piperidine rings is 1. The van der Waals surface area contributed by atoms with Crippen LogP contribution in [0.5, 0.6) is 0 Å². The number of carbonyl (C=O) groups excluding carboxylic acids is 1. The third-order valence-corrected chi connectivity index (χ3v) is 6.28. The summed E-state index contributed by atoms with van der Waals surface area (Å²) in [4.78, 5) is 17.1. The molecular formula is C19H30N4O2. The molecule has 0 spiro atoms. The molecule has 3 saturated heterocycles. The van der Waals surface area contributed by atoms with E-state index in [-0.39, 0.29) is 11.9 Å².